The average Bonchev–Trinajstić information content (AvgIpc) is 1.96. The highest BCUT2D eigenvalue weighted by Crippen LogP contribution is 1.97. The minimum Gasteiger partial charge on any atom is -0.550 e. The molecule has 0 fully saturated rings. The fourth-order valence-corrected chi connectivity index (χ4v) is 1.23. The Bertz CT molecular complexity index is 446. The number of aryl methyl sites for hydroxylation is 1. The van der Waals surface area contributed by atoms with Crippen LogP contribution in [0.5, 0.6) is 0 Å². The van der Waals surface area contributed by atoms with E-state index in [1.54, 1.807) is 6.92 Å². The zero-order valence-corrected chi connectivity index (χ0v) is 7.66. The lowest BCUT2D eigenvalue weighted by atomic mass is 10.2. The van der Waals surface area contributed by atoms with Gasteiger partial charge < -0.3 is 14.9 Å². The molecule has 5 nitrogen and oxygen atoms in total. The normalized spacial score (nSPS) is 9.92. The van der Waals surface area contributed by atoms with Crippen LogP contribution >= 0.6 is 12.2 Å². The standard InChI is InChI=1S/C7H8N2O3S/c1-3-4(2-5(10)11)6(12)9-7(13)8-3/h2H2,1H3,(H,10,11)(H2,8,9,12,13)/p-1. The molecule has 13 heavy (non-hydrogen) atoms. The third kappa shape index (κ3) is 2.25. The van der Waals surface area contributed by atoms with E-state index >= 15 is 0 Å². The predicted octanol–water partition coefficient (Wildman–Crippen LogP) is -0.967. The Labute approximate surface area is 78.4 Å². The highest BCUT2D eigenvalue weighted by Gasteiger charge is 2.04. The second-order valence-electron chi connectivity index (χ2n) is 2.56. The Morgan fingerprint density at radius 1 is 1.54 bits per heavy atom. The minimum atomic E-state index is -1.29. The number of hydrogen-bond acceptors (Lipinski definition) is 4. The molecular weight excluding hydrogens is 192 g/mol. The van der Waals surface area contributed by atoms with Crippen LogP contribution in [-0.2, 0) is 11.2 Å². The molecule has 0 aromatic carbocycles. The summed E-state index contributed by atoms with van der Waals surface area (Å²) in [5.41, 5.74) is 0.122. The van der Waals surface area contributed by atoms with Crippen molar-refractivity contribution in [1.29, 1.82) is 0 Å². The van der Waals surface area contributed by atoms with Crippen LogP contribution in [-0.4, -0.2) is 15.9 Å². The average molecular weight is 199 g/mol. The molecule has 2 N–H and O–H groups in total. The van der Waals surface area contributed by atoms with Crippen LogP contribution in [0, 0.1) is 11.7 Å². The van der Waals surface area contributed by atoms with Gasteiger partial charge in [0.15, 0.2) is 4.77 Å². The van der Waals surface area contributed by atoms with Gasteiger partial charge in [-0.3, -0.25) is 9.78 Å². The molecule has 0 saturated heterocycles. The van der Waals surface area contributed by atoms with Crippen molar-refractivity contribution in [3.8, 4) is 0 Å². The Kier molecular flexibility index (Phi) is 2.62. The van der Waals surface area contributed by atoms with E-state index in [1.165, 1.54) is 0 Å². The smallest absolute Gasteiger partial charge is 0.255 e. The Morgan fingerprint density at radius 2 is 2.15 bits per heavy atom. The molecule has 1 rings (SSSR count). The maximum absolute atomic E-state index is 11.2. The van der Waals surface area contributed by atoms with Gasteiger partial charge >= 0.3 is 0 Å². The summed E-state index contributed by atoms with van der Waals surface area (Å²) in [6.45, 7) is 1.59. The zero-order chi connectivity index (χ0) is 10.0. The predicted molar refractivity (Wildman–Crippen MR) is 45.7 cm³/mol. The van der Waals surface area contributed by atoms with Crippen molar-refractivity contribution in [2.24, 2.45) is 0 Å². The molecule has 0 aliphatic heterocycles. The fourth-order valence-electron chi connectivity index (χ4n) is 0.983. The molecule has 0 amide bonds. The number of carbonyl (C=O) groups excluding carboxylic acids is 1. The minimum absolute atomic E-state index is 0.147. The molecule has 6 heteroatoms. The fraction of sp³-hybridized carbons (Fsp3) is 0.286. The van der Waals surface area contributed by atoms with E-state index in [9.17, 15) is 14.7 Å². The van der Waals surface area contributed by atoms with Crippen LogP contribution in [0.15, 0.2) is 4.79 Å². The van der Waals surface area contributed by atoms with Crippen molar-refractivity contribution in [2.75, 3.05) is 0 Å². The lowest BCUT2D eigenvalue weighted by Crippen LogP contribution is -2.29. The van der Waals surface area contributed by atoms with Gasteiger partial charge in [-0.05, 0) is 19.1 Å². The van der Waals surface area contributed by atoms with Gasteiger partial charge in [0.25, 0.3) is 5.56 Å². The highest BCUT2D eigenvalue weighted by atomic mass is 32.1. The number of carbonyl (C=O) groups is 1. The maximum atomic E-state index is 11.2. The van der Waals surface area contributed by atoms with E-state index in [4.69, 9.17) is 0 Å². The topological polar surface area (TPSA) is 88.8 Å². The van der Waals surface area contributed by atoms with Gasteiger partial charge in [-0.15, -0.1) is 0 Å². The Morgan fingerprint density at radius 3 is 2.62 bits per heavy atom. The summed E-state index contributed by atoms with van der Waals surface area (Å²) in [5.74, 6) is -1.29. The SMILES string of the molecule is Cc1[nH]c(=S)[nH]c(=O)c1CC(=O)[O-]. The van der Waals surface area contributed by atoms with E-state index < -0.39 is 17.9 Å². The maximum Gasteiger partial charge on any atom is 0.255 e. The van der Waals surface area contributed by atoms with E-state index in [0.717, 1.165) is 0 Å². The van der Waals surface area contributed by atoms with Crippen molar-refractivity contribution in [3.63, 3.8) is 0 Å². The lowest BCUT2D eigenvalue weighted by molar-refractivity contribution is -0.304. The van der Waals surface area contributed by atoms with E-state index in [0.29, 0.717) is 5.69 Å². The first-order chi connectivity index (χ1) is 6.00. The molecule has 0 aliphatic carbocycles. The number of H-pyrrole nitrogens is 2. The first-order valence-corrected chi connectivity index (χ1v) is 3.93. The summed E-state index contributed by atoms with van der Waals surface area (Å²) in [4.78, 5) is 26.4. The summed E-state index contributed by atoms with van der Waals surface area (Å²) in [6.07, 6.45) is -0.409. The van der Waals surface area contributed by atoms with Gasteiger partial charge in [0.1, 0.15) is 0 Å². The van der Waals surface area contributed by atoms with Crippen molar-refractivity contribution >= 4 is 18.2 Å². The number of rotatable bonds is 2. The van der Waals surface area contributed by atoms with Gasteiger partial charge in [0.05, 0.1) is 0 Å². The molecule has 1 aromatic rings. The summed E-state index contributed by atoms with van der Waals surface area (Å²) in [6, 6.07) is 0. The van der Waals surface area contributed by atoms with E-state index in [2.05, 4.69) is 22.2 Å². The molecule has 0 radical (unpaired) electrons. The number of nitrogens with one attached hydrogen (secondary N) is 2. The molecule has 1 heterocycles. The molecule has 0 aliphatic rings. The van der Waals surface area contributed by atoms with Crippen LogP contribution in [0.1, 0.15) is 11.3 Å². The molecule has 1 aromatic heterocycles. The van der Waals surface area contributed by atoms with Crippen LogP contribution in [0.3, 0.4) is 0 Å². The van der Waals surface area contributed by atoms with E-state index in [1.807, 2.05) is 0 Å². The van der Waals surface area contributed by atoms with E-state index in [-0.39, 0.29) is 10.3 Å². The number of hydrogen-bond donors (Lipinski definition) is 2. The van der Waals surface area contributed by atoms with Crippen molar-refractivity contribution in [2.45, 2.75) is 13.3 Å². The number of carboxylic acids is 1. The monoisotopic (exact) mass is 199 g/mol. The molecule has 70 valence electrons. The van der Waals surface area contributed by atoms with Crippen molar-refractivity contribution in [1.82, 2.24) is 9.97 Å². The van der Waals surface area contributed by atoms with Crippen LogP contribution in [0.25, 0.3) is 0 Å². The Balaban J connectivity index is 3.29. The highest BCUT2D eigenvalue weighted by molar-refractivity contribution is 7.71. The third-order valence-electron chi connectivity index (χ3n) is 1.58. The Hall–Kier alpha value is -1.43. The molecule has 0 spiro atoms. The summed E-state index contributed by atoms with van der Waals surface area (Å²) in [5, 5.41) is 10.3. The lowest BCUT2D eigenvalue weighted by Gasteiger charge is -2.04. The van der Waals surface area contributed by atoms with Gasteiger partial charge in [-0.1, -0.05) is 0 Å². The first-order valence-electron chi connectivity index (χ1n) is 3.52. The largest absolute Gasteiger partial charge is 0.550 e. The second kappa shape index (κ2) is 3.53. The van der Waals surface area contributed by atoms with Crippen LogP contribution in [0.2, 0.25) is 0 Å². The van der Waals surface area contributed by atoms with Crippen LogP contribution < -0.4 is 10.7 Å². The number of carboxylic acid groups (broad SMARTS) is 1. The second-order valence-corrected chi connectivity index (χ2v) is 2.97. The molecular formula is C7H7N2O3S-. The zero-order valence-electron chi connectivity index (χ0n) is 6.84. The molecule has 0 atom stereocenters. The van der Waals surface area contributed by atoms with Gasteiger partial charge in [0, 0.05) is 23.6 Å². The third-order valence-corrected chi connectivity index (χ3v) is 1.78. The van der Waals surface area contributed by atoms with Gasteiger partial charge in [-0.25, -0.2) is 0 Å². The first kappa shape index (κ1) is 9.66. The molecule has 0 saturated carbocycles. The van der Waals surface area contributed by atoms with Crippen LogP contribution in [0.4, 0.5) is 0 Å². The van der Waals surface area contributed by atoms with Crippen molar-refractivity contribution in [3.05, 3.63) is 26.4 Å². The van der Waals surface area contributed by atoms with Gasteiger partial charge in [-0.2, -0.15) is 0 Å². The number of aromatic amines is 2. The quantitative estimate of drug-likeness (QED) is 0.600. The van der Waals surface area contributed by atoms with Crippen molar-refractivity contribution < 1.29 is 9.90 Å². The summed E-state index contributed by atoms with van der Waals surface area (Å²) in [7, 11) is 0. The molecule has 0 bridgehead atoms. The summed E-state index contributed by atoms with van der Waals surface area (Å²) >= 11 is 4.69. The van der Waals surface area contributed by atoms with Gasteiger partial charge in [0.2, 0.25) is 0 Å². The summed E-state index contributed by atoms with van der Waals surface area (Å²) < 4.78 is 0.185. The number of aromatic nitrogens is 2. The number of aliphatic carboxylic acids is 1. The molecule has 0 unspecified atom stereocenters.